The Balaban J connectivity index is 1.54. The van der Waals surface area contributed by atoms with Gasteiger partial charge in [0.1, 0.15) is 0 Å². The first kappa shape index (κ1) is 20.0. The summed E-state index contributed by atoms with van der Waals surface area (Å²) in [5.74, 6) is -0.891. The zero-order valence-corrected chi connectivity index (χ0v) is 16.2. The van der Waals surface area contributed by atoms with Crippen LogP contribution in [0.2, 0.25) is 0 Å². The van der Waals surface area contributed by atoms with Gasteiger partial charge in [-0.25, -0.2) is 4.79 Å². The number of nitrogens with zero attached hydrogens (tertiary/aromatic N) is 1. The fourth-order valence-electron chi connectivity index (χ4n) is 3.46. The maximum atomic E-state index is 12.7. The molecule has 6 heteroatoms. The third kappa shape index (κ3) is 5.18. The van der Waals surface area contributed by atoms with Crippen LogP contribution in [0.3, 0.4) is 0 Å². The number of nitrogens with one attached hydrogen (secondary N) is 1. The van der Waals surface area contributed by atoms with Crippen LogP contribution < -0.4 is 5.32 Å². The maximum Gasteiger partial charge on any atom is 0.335 e. The highest BCUT2D eigenvalue weighted by molar-refractivity contribution is 5.94. The van der Waals surface area contributed by atoms with E-state index in [0.717, 1.165) is 11.1 Å². The Morgan fingerprint density at radius 1 is 1.00 bits per heavy atom. The second-order valence-corrected chi connectivity index (χ2v) is 7.27. The van der Waals surface area contributed by atoms with Crippen molar-refractivity contribution in [3.05, 3.63) is 70.8 Å². The molecule has 2 atom stereocenters. The van der Waals surface area contributed by atoms with Crippen molar-refractivity contribution in [3.63, 3.8) is 0 Å². The Morgan fingerprint density at radius 3 is 2.29 bits per heavy atom. The molecule has 1 aliphatic heterocycles. The summed E-state index contributed by atoms with van der Waals surface area (Å²) in [7, 11) is 0. The molecule has 1 heterocycles. The third-order valence-electron chi connectivity index (χ3n) is 4.74. The first-order valence-electron chi connectivity index (χ1n) is 9.49. The summed E-state index contributed by atoms with van der Waals surface area (Å²) in [6.45, 7) is 6.40. The van der Waals surface area contributed by atoms with Gasteiger partial charge in [0, 0.05) is 31.7 Å². The first-order chi connectivity index (χ1) is 13.4. The summed E-state index contributed by atoms with van der Waals surface area (Å²) in [4.78, 5) is 25.6. The molecule has 0 aliphatic carbocycles. The van der Waals surface area contributed by atoms with E-state index in [1.54, 1.807) is 18.2 Å². The topological polar surface area (TPSA) is 78.9 Å². The lowest BCUT2D eigenvalue weighted by molar-refractivity contribution is -0.0586. The van der Waals surface area contributed by atoms with E-state index in [2.05, 4.69) is 5.32 Å². The summed E-state index contributed by atoms with van der Waals surface area (Å²) >= 11 is 0. The van der Waals surface area contributed by atoms with Crippen molar-refractivity contribution in [2.45, 2.75) is 39.1 Å². The molecule has 2 N–H and O–H groups in total. The van der Waals surface area contributed by atoms with Gasteiger partial charge in [0.05, 0.1) is 17.8 Å². The smallest absolute Gasteiger partial charge is 0.335 e. The molecule has 1 fully saturated rings. The fraction of sp³-hybridized carbons (Fsp3) is 0.364. The van der Waals surface area contributed by atoms with E-state index in [9.17, 15) is 9.59 Å². The van der Waals surface area contributed by atoms with Gasteiger partial charge in [0.25, 0.3) is 5.91 Å². The Labute approximate surface area is 165 Å². The number of amides is 1. The van der Waals surface area contributed by atoms with Gasteiger partial charge < -0.3 is 20.1 Å². The molecule has 3 rings (SSSR count). The van der Waals surface area contributed by atoms with Crippen LogP contribution in [0.4, 0.5) is 0 Å². The number of hydrogen-bond donors (Lipinski definition) is 2. The molecule has 1 amide bonds. The van der Waals surface area contributed by atoms with Gasteiger partial charge in [-0.15, -0.1) is 0 Å². The number of carbonyl (C=O) groups excluding carboxylic acids is 1. The molecule has 0 aromatic heterocycles. The van der Waals surface area contributed by atoms with Crippen molar-refractivity contribution < 1.29 is 19.4 Å². The Kier molecular flexibility index (Phi) is 6.44. The van der Waals surface area contributed by atoms with Crippen molar-refractivity contribution in [1.29, 1.82) is 0 Å². The van der Waals surface area contributed by atoms with E-state index in [0.29, 0.717) is 31.7 Å². The monoisotopic (exact) mass is 382 g/mol. The summed E-state index contributed by atoms with van der Waals surface area (Å²) in [6, 6.07) is 14.5. The summed E-state index contributed by atoms with van der Waals surface area (Å²) in [5.41, 5.74) is 2.95. The van der Waals surface area contributed by atoms with Gasteiger partial charge in [0.15, 0.2) is 0 Å². The second kappa shape index (κ2) is 8.99. The number of carboxylic acids is 1. The number of rotatable bonds is 6. The van der Waals surface area contributed by atoms with Gasteiger partial charge >= 0.3 is 5.97 Å². The summed E-state index contributed by atoms with van der Waals surface area (Å²) in [6.07, 6.45) is 0.103. The molecular formula is C22H26N2O4. The molecule has 148 valence electrons. The molecule has 2 unspecified atom stereocenters. The molecule has 28 heavy (non-hydrogen) atoms. The molecule has 0 saturated carbocycles. The highest BCUT2D eigenvalue weighted by Crippen LogP contribution is 2.15. The average molecular weight is 382 g/mol. The number of carbonyl (C=O) groups is 2. The molecular weight excluding hydrogens is 356 g/mol. The van der Waals surface area contributed by atoms with E-state index in [4.69, 9.17) is 9.84 Å². The average Bonchev–Trinajstić information content (AvgIpc) is 2.67. The van der Waals surface area contributed by atoms with E-state index >= 15 is 0 Å². The molecule has 2 aromatic carbocycles. The Morgan fingerprint density at radius 2 is 1.64 bits per heavy atom. The van der Waals surface area contributed by atoms with Gasteiger partial charge in [-0.3, -0.25) is 4.79 Å². The van der Waals surface area contributed by atoms with Crippen molar-refractivity contribution in [1.82, 2.24) is 10.2 Å². The zero-order chi connectivity index (χ0) is 20.1. The lowest BCUT2D eigenvalue weighted by Crippen LogP contribution is -2.48. The van der Waals surface area contributed by atoms with E-state index in [1.807, 2.05) is 49.1 Å². The van der Waals surface area contributed by atoms with Crippen molar-refractivity contribution in [3.8, 4) is 0 Å². The molecule has 1 saturated heterocycles. The van der Waals surface area contributed by atoms with Crippen molar-refractivity contribution >= 4 is 11.9 Å². The van der Waals surface area contributed by atoms with Gasteiger partial charge in [0.2, 0.25) is 0 Å². The van der Waals surface area contributed by atoms with Crippen molar-refractivity contribution in [2.24, 2.45) is 0 Å². The lowest BCUT2D eigenvalue weighted by Gasteiger charge is -2.35. The standard InChI is InChI=1S/C22H26N2O4/c1-15-13-24(14-16(2)28-15)21(25)19-8-6-17(7-9-19)11-23-12-18-4-3-5-20(10-18)22(26)27/h3-10,15-16,23H,11-14H2,1-2H3,(H,26,27). The SMILES string of the molecule is CC1CN(C(=O)c2ccc(CNCc3cccc(C(=O)O)c3)cc2)CC(C)O1. The minimum atomic E-state index is -0.925. The number of benzene rings is 2. The highest BCUT2D eigenvalue weighted by Gasteiger charge is 2.26. The van der Waals surface area contributed by atoms with Crippen LogP contribution in [-0.2, 0) is 17.8 Å². The van der Waals surface area contributed by atoms with Crippen molar-refractivity contribution in [2.75, 3.05) is 13.1 Å². The molecule has 2 aromatic rings. The lowest BCUT2D eigenvalue weighted by atomic mass is 10.1. The predicted octanol–water partition coefficient (Wildman–Crippen LogP) is 2.92. The third-order valence-corrected chi connectivity index (χ3v) is 4.74. The molecule has 1 aliphatic rings. The van der Waals surface area contributed by atoms with Crippen LogP contribution in [-0.4, -0.2) is 47.2 Å². The fourth-order valence-corrected chi connectivity index (χ4v) is 3.46. The number of morpholine rings is 1. The van der Waals surface area contributed by atoms with Crippen LogP contribution in [0, 0.1) is 0 Å². The molecule has 0 bridgehead atoms. The second-order valence-electron chi connectivity index (χ2n) is 7.27. The molecule has 6 nitrogen and oxygen atoms in total. The predicted molar refractivity (Wildman–Crippen MR) is 106 cm³/mol. The Hall–Kier alpha value is -2.70. The normalized spacial score (nSPS) is 19.4. The van der Waals surface area contributed by atoms with Gasteiger partial charge in [-0.1, -0.05) is 24.3 Å². The quantitative estimate of drug-likeness (QED) is 0.803. The summed E-state index contributed by atoms with van der Waals surface area (Å²) in [5, 5.41) is 12.4. The maximum absolute atomic E-state index is 12.7. The Bertz CT molecular complexity index is 825. The van der Waals surface area contributed by atoms with Gasteiger partial charge in [-0.05, 0) is 49.2 Å². The number of hydrogen-bond acceptors (Lipinski definition) is 4. The number of aromatic carboxylic acids is 1. The first-order valence-corrected chi connectivity index (χ1v) is 9.49. The van der Waals surface area contributed by atoms with Crippen LogP contribution in [0.15, 0.2) is 48.5 Å². The highest BCUT2D eigenvalue weighted by atomic mass is 16.5. The van der Waals surface area contributed by atoms with E-state index in [1.165, 1.54) is 0 Å². The number of carboxylic acid groups (broad SMARTS) is 1. The summed E-state index contributed by atoms with van der Waals surface area (Å²) < 4.78 is 5.69. The van der Waals surface area contributed by atoms with E-state index < -0.39 is 5.97 Å². The zero-order valence-electron chi connectivity index (χ0n) is 16.2. The van der Waals surface area contributed by atoms with Crippen LogP contribution >= 0.6 is 0 Å². The minimum Gasteiger partial charge on any atom is -0.478 e. The van der Waals surface area contributed by atoms with E-state index in [-0.39, 0.29) is 23.7 Å². The van der Waals surface area contributed by atoms with Gasteiger partial charge in [-0.2, -0.15) is 0 Å². The van der Waals surface area contributed by atoms with Crippen LogP contribution in [0.25, 0.3) is 0 Å². The number of ether oxygens (including phenoxy) is 1. The molecule has 0 spiro atoms. The van der Waals surface area contributed by atoms with Crippen LogP contribution in [0.5, 0.6) is 0 Å². The largest absolute Gasteiger partial charge is 0.478 e. The minimum absolute atomic E-state index is 0.0343. The molecule has 0 radical (unpaired) electrons. The van der Waals surface area contributed by atoms with Crippen LogP contribution in [0.1, 0.15) is 45.7 Å².